The molecule has 0 amide bonds. The quantitative estimate of drug-likeness (QED) is 0.662. The lowest BCUT2D eigenvalue weighted by Crippen LogP contribution is -2.62. The number of aryl methyl sites for hydroxylation is 2. The Morgan fingerprint density at radius 1 is 0.739 bits per heavy atom. The molecule has 4 N–H and O–H groups in total. The van der Waals surface area contributed by atoms with E-state index in [0.29, 0.717) is 0 Å². The average molecular weight is 345 g/mol. The van der Waals surface area contributed by atoms with Crippen molar-refractivity contribution in [3.63, 3.8) is 0 Å². The Morgan fingerprint density at radius 3 is 1.43 bits per heavy atom. The molecule has 0 aliphatic heterocycles. The molecule has 23 heavy (non-hydrogen) atoms. The number of nitrogen functional groups attached to an aromatic ring is 2. The normalized spacial score (nSPS) is 12.4. The molecule has 0 unspecified atom stereocenters. The number of rotatable bonds is 4. The topological polar surface area (TPSA) is 61.3 Å². The molecule has 0 spiro atoms. The molecule has 2 aromatic rings. The molecule has 0 saturated carbocycles. The highest BCUT2D eigenvalue weighted by Crippen LogP contribution is 2.19. The van der Waals surface area contributed by atoms with Crippen LogP contribution in [0.3, 0.4) is 0 Å². The SMILES string of the molecule is Cc1cc([Si](C)(O[Si](C)(C)C)c2ccc(N)c(C)c2)ccc1N. The standard InChI is InChI=1S/C18H28N2OSi2/c1-13-11-15(7-9-17(13)19)23(6,21-22(3,4)5)16-8-10-18(20)14(2)12-16/h7-12H,19-20H2,1-6H3. The fourth-order valence-electron chi connectivity index (χ4n) is 2.84. The summed E-state index contributed by atoms with van der Waals surface area (Å²) in [6, 6.07) is 12.6. The lowest BCUT2D eigenvalue weighted by molar-refractivity contribution is 0.572. The molecule has 0 aliphatic carbocycles. The zero-order valence-corrected chi connectivity index (χ0v) is 17.0. The van der Waals surface area contributed by atoms with Crippen LogP contribution in [0, 0.1) is 13.8 Å². The van der Waals surface area contributed by atoms with Crippen LogP contribution >= 0.6 is 0 Å². The number of benzene rings is 2. The van der Waals surface area contributed by atoms with Crippen LogP contribution in [0.1, 0.15) is 11.1 Å². The Balaban J connectivity index is 2.64. The van der Waals surface area contributed by atoms with Crippen LogP contribution in [0.15, 0.2) is 36.4 Å². The van der Waals surface area contributed by atoms with Crippen LogP contribution in [0.4, 0.5) is 11.4 Å². The second-order valence-corrected chi connectivity index (χ2v) is 15.7. The van der Waals surface area contributed by atoms with Crippen LogP contribution < -0.4 is 21.8 Å². The molecule has 2 rings (SSSR count). The van der Waals surface area contributed by atoms with Crippen molar-refractivity contribution in [3.05, 3.63) is 47.5 Å². The van der Waals surface area contributed by atoms with Gasteiger partial charge in [-0.05, 0) is 73.7 Å². The lowest BCUT2D eigenvalue weighted by Gasteiger charge is -2.36. The van der Waals surface area contributed by atoms with Crippen molar-refractivity contribution < 1.29 is 4.12 Å². The van der Waals surface area contributed by atoms with E-state index in [2.05, 4.69) is 64.3 Å². The van der Waals surface area contributed by atoms with Gasteiger partial charge in [0.25, 0.3) is 0 Å². The number of anilines is 2. The Morgan fingerprint density at radius 2 is 1.13 bits per heavy atom. The monoisotopic (exact) mass is 344 g/mol. The van der Waals surface area contributed by atoms with Gasteiger partial charge in [-0.2, -0.15) is 0 Å². The predicted octanol–water partition coefficient (Wildman–Crippen LogP) is 3.01. The molecular weight excluding hydrogens is 316 g/mol. The maximum Gasteiger partial charge on any atom is 0.241 e. The van der Waals surface area contributed by atoms with Gasteiger partial charge in [-0.3, -0.25) is 0 Å². The third-order valence-electron chi connectivity index (χ3n) is 4.15. The van der Waals surface area contributed by atoms with Crippen molar-refractivity contribution in [2.45, 2.75) is 40.0 Å². The molecule has 0 aromatic heterocycles. The zero-order chi connectivity index (χ0) is 17.4. The van der Waals surface area contributed by atoms with E-state index in [4.69, 9.17) is 15.6 Å². The zero-order valence-electron chi connectivity index (χ0n) is 15.0. The molecule has 0 aliphatic rings. The molecule has 0 saturated heterocycles. The van der Waals surface area contributed by atoms with Gasteiger partial charge in [0.1, 0.15) is 0 Å². The summed E-state index contributed by atoms with van der Waals surface area (Å²) in [6.45, 7) is 13.1. The van der Waals surface area contributed by atoms with Crippen molar-refractivity contribution >= 4 is 38.4 Å². The number of nitrogens with two attached hydrogens (primary N) is 2. The summed E-state index contributed by atoms with van der Waals surface area (Å²) < 4.78 is 6.78. The largest absolute Gasteiger partial charge is 0.449 e. The van der Waals surface area contributed by atoms with Gasteiger partial charge in [-0.25, -0.2) is 0 Å². The second kappa shape index (κ2) is 6.15. The average Bonchev–Trinajstić information content (AvgIpc) is 2.42. The fourth-order valence-corrected chi connectivity index (χ4v) is 10.8. The third-order valence-corrected chi connectivity index (χ3v) is 11.1. The van der Waals surface area contributed by atoms with Crippen molar-refractivity contribution in [1.29, 1.82) is 0 Å². The van der Waals surface area contributed by atoms with Gasteiger partial charge < -0.3 is 15.6 Å². The minimum absolute atomic E-state index is 0.826. The summed E-state index contributed by atoms with van der Waals surface area (Å²) in [4.78, 5) is 0. The van der Waals surface area contributed by atoms with E-state index in [1.54, 1.807) is 0 Å². The van der Waals surface area contributed by atoms with E-state index in [1.165, 1.54) is 10.4 Å². The first-order chi connectivity index (χ1) is 10.5. The third kappa shape index (κ3) is 3.86. The summed E-state index contributed by atoms with van der Waals surface area (Å²) in [5.74, 6) is 0. The summed E-state index contributed by atoms with van der Waals surface area (Å²) >= 11 is 0. The fraction of sp³-hybridized carbons (Fsp3) is 0.333. The van der Waals surface area contributed by atoms with Crippen LogP contribution in [0.5, 0.6) is 0 Å². The smallest absolute Gasteiger partial charge is 0.241 e. The minimum Gasteiger partial charge on any atom is -0.449 e. The van der Waals surface area contributed by atoms with E-state index in [9.17, 15) is 0 Å². The van der Waals surface area contributed by atoms with Gasteiger partial charge in [0.2, 0.25) is 8.32 Å². The van der Waals surface area contributed by atoms with Crippen molar-refractivity contribution in [3.8, 4) is 0 Å². The van der Waals surface area contributed by atoms with Crippen molar-refractivity contribution in [2.75, 3.05) is 11.5 Å². The van der Waals surface area contributed by atoms with Crippen molar-refractivity contribution in [2.24, 2.45) is 0 Å². The van der Waals surface area contributed by atoms with E-state index >= 15 is 0 Å². The minimum atomic E-state index is -2.30. The highest BCUT2D eigenvalue weighted by Gasteiger charge is 2.38. The lowest BCUT2D eigenvalue weighted by atomic mass is 10.2. The molecule has 0 heterocycles. The molecule has 0 atom stereocenters. The molecule has 5 heteroatoms. The van der Waals surface area contributed by atoms with Crippen LogP contribution in [0.2, 0.25) is 26.2 Å². The summed E-state index contributed by atoms with van der Waals surface area (Å²) in [5, 5.41) is 2.52. The summed E-state index contributed by atoms with van der Waals surface area (Å²) in [7, 11) is -4.02. The van der Waals surface area contributed by atoms with Gasteiger partial charge in [0.05, 0.1) is 0 Å². The molecular formula is C18H28N2OSi2. The highest BCUT2D eigenvalue weighted by atomic mass is 28.4. The van der Waals surface area contributed by atoms with Gasteiger partial charge in [-0.1, -0.05) is 24.3 Å². The molecule has 3 nitrogen and oxygen atoms in total. The molecule has 0 radical (unpaired) electrons. The highest BCUT2D eigenvalue weighted by molar-refractivity contribution is 7.01. The molecule has 0 fully saturated rings. The van der Waals surface area contributed by atoms with E-state index in [0.717, 1.165) is 22.5 Å². The maximum atomic E-state index is 6.78. The van der Waals surface area contributed by atoms with Gasteiger partial charge in [-0.15, -0.1) is 0 Å². The van der Waals surface area contributed by atoms with Crippen LogP contribution in [0.25, 0.3) is 0 Å². The van der Waals surface area contributed by atoms with E-state index in [-0.39, 0.29) is 0 Å². The number of hydrogen-bond donors (Lipinski definition) is 2. The molecule has 2 aromatic carbocycles. The first-order valence-corrected chi connectivity index (χ1v) is 13.8. The first kappa shape index (κ1) is 17.8. The Labute approximate surface area is 141 Å². The Hall–Kier alpha value is -1.57. The van der Waals surface area contributed by atoms with E-state index in [1.807, 2.05) is 12.1 Å². The van der Waals surface area contributed by atoms with E-state index < -0.39 is 16.6 Å². The Bertz CT molecular complexity index is 672. The molecule has 124 valence electrons. The number of hydrogen-bond acceptors (Lipinski definition) is 3. The van der Waals surface area contributed by atoms with Crippen LogP contribution in [-0.4, -0.2) is 16.6 Å². The van der Waals surface area contributed by atoms with Gasteiger partial charge in [0.15, 0.2) is 8.32 Å². The van der Waals surface area contributed by atoms with Crippen LogP contribution in [-0.2, 0) is 4.12 Å². The van der Waals surface area contributed by atoms with Gasteiger partial charge in [0, 0.05) is 11.4 Å². The first-order valence-electron chi connectivity index (χ1n) is 7.96. The second-order valence-electron chi connectivity index (χ2n) is 7.39. The molecule has 0 bridgehead atoms. The van der Waals surface area contributed by atoms with Gasteiger partial charge >= 0.3 is 0 Å². The Kier molecular flexibility index (Phi) is 4.75. The maximum absolute atomic E-state index is 6.78. The summed E-state index contributed by atoms with van der Waals surface area (Å²) in [6.07, 6.45) is 0. The van der Waals surface area contributed by atoms with Crippen molar-refractivity contribution in [1.82, 2.24) is 0 Å². The summed E-state index contributed by atoms with van der Waals surface area (Å²) in [5.41, 5.74) is 15.9. The predicted molar refractivity (Wildman–Crippen MR) is 106 cm³/mol.